The van der Waals surface area contributed by atoms with Crippen LogP contribution in [0.15, 0.2) is 29.1 Å². The molecule has 0 unspecified atom stereocenters. The summed E-state index contributed by atoms with van der Waals surface area (Å²) >= 11 is 0. The van der Waals surface area contributed by atoms with Crippen LogP contribution in [0.25, 0.3) is 11.3 Å². The lowest BCUT2D eigenvalue weighted by Crippen LogP contribution is -2.12. The molecule has 1 N–H and O–H groups in total. The van der Waals surface area contributed by atoms with Crippen LogP contribution < -0.4 is 15.0 Å². The summed E-state index contributed by atoms with van der Waals surface area (Å²) < 4.78 is 10.5. The van der Waals surface area contributed by atoms with Crippen LogP contribution in [0.2, 0.25) is 0 Å². The zero-order valence-electron chi connectivity index (χ0n) is 11.5. The number of pyridine rings is 1. The number of aryl methyl sites for hydroxylation is 1. The van der Waals surface area contributed by atoms with Crippen molar-refractivity contribution < 1.29 is 9.47 Å². The van der Waals surface area contributed by atoms with Crippen molar-refractivity contribution in [3.8, 4) is 28.8 Å². The van der Waals surface area contributed by atoms with Gasteiger partial charge in [-0.2, -0.15) is 5.26 Å². The number of H-pyrrole nitrogens is 1. The maximum absolute atomic E-state index is 11.8. The molecule has 0 fully saturated rings. The van der Waals surface area contributed by atoms with Crippen molar-refractivity contribution in [2.45, 2.75) is 6.92 Å². The second kappa shape index (κ2) is 5.49. The maximum Gasteiger partial charge on any atom is 0.266 e. The van der Waals surface area contributed by atoms with Gasteiger partial charge in [-0.05, 0) is 30.7 Å². The van der Waals surface area contributed by atoms with Crippen molar-refractivity contribution in [2.24, 2.45) is 0 Å². The van der Waals surface area contributed by atoms with E-state index in [1.165, 1.54) is 0 Å². The zero-order chi connectivity index (χ0) is 14.7. The van der Waals surface area contributed by atoms with E-state index in [1.54, 1.807) is 32.4 Å². The molecule has 5 nitrogen and oxygen atoms in total. The molecule has 102 valence electrons. The lowest BCUT2D eigenvalue weighted by Gasteiger charge is -2.12. The summed E-state index contributed by atoms with van der Waals surface area (Å²) in [5, 5.41) is 8.86. The average molecular weight is 270 g/mol. The Hall–Kier alpha value is -2.74. The smallest absolute Gasteiger partial charge is 0.266 e. The molecular weight excluding hydrogens is 256 g/mol. The number of nitrogens with one attached hydrogen (secondary N) is 1. The van der Waals surface area contributed by atoms with Crippen LogP contribution in [0.5, 0.6) is 11.5 Å². The molecule has 2 rings (SSSR count). The molecule has 0 saturated heterocycles. The Bertz CT molecular complexity index is 742. The molecule has 0 amide bonds. The molecule has 0 saturated carbocycles. The molecular formula is C15H14N2O3. The number of ether oxygens (including phenoxy) is 2. The number of benzene rings is 1. The van der Waals surface area contributed by atoms with E-state index in [9.17, 15) is 4.79 Å². The zero-order valence-corrected chi connectivity index (χ0v) is 11.5. The summed E-state index contributed by atoms with van der Waals surface area (Å²) in [6.45, 7) is 1.83. The van der Waals surface area contributed by atoms with Crippen molar-refractivity contribution >= 4 is 0 Å². The maximum atomic E-state index is 11.8. The fourth-order valence-electron chi connectivity index (χ4n) is 2.00. The summed E-state index contributed by atoms with van der Waals surface area (Å²) in [6.07, 6.45) is 0. The third-order valence-corrected chi connectivity index (χ3v) is 3.04. The van der Waals surface area contributed by atoms with E-state index >= 15 is 0 Å². The first-order chi connectivity index (χ1) is 9.60. The van der Waals surface area contributed by atoms with Gasteiger partial charge in [-0.25, -0.2) is 0 Å². The molecule has 5 heteroatoms. The minimum Gasteiger partial charge on any atom is -0.497 e. The third kappa shape index (κ3) is 2.36. The molecule has 2 aromatic rings. The van der Waals surface area contributed by atoms with Gasteiger partial charge >= 0.3 is 0 Å². The Morgan fingerprint density at radius 3 is 2.55 bits per heavy atom. The number of aromatic nitrogens is 1. The summed E-state index contributed by atoms with van der Waals surface area (Å²) in [5.41, 5.74) is 1.86. The van der Waals surface area contributed by atoms with E-state index in [0.717, 1.165) is 11.1 Å². The van der Waals surface area contributed by atoms with Gasteiger partial charge in [0.15, 0.2) is 0 Å². The minimum absolute atomic E-state index is 0.0960. The summed E-state index contributed by atoms with van der Waals surface area (Å²) in [6, 6.07) is 8.77. The molecule has 0 aliphatic carbocycles. The van der Waals surface area contributed by atoms with Crippen molar-refractivity contribution in [3.63, 3.8) is 0 Å². The van der Waals surface area contributed by atoms with Gasteiger partial charge < -0.3 is 14.5 Å². The van der Waals surface area contributed by atoms with Crippen molar-refractivity contribution in [2.75, 3.05) is 14.2 Å². The molecule has 0 aliphatic heterocycles. The molecule has 0 aliphatic rings. The van der Waals surface area contributed by atoms with Gasteiger partial charge in [0.1, 0.15) is 23.1 Å². The first-order valence-electron chi connectivity index (χ1n) is 5.97. The van der Waals surface area contributed by atoms with Crippen molar-refractivity contribution in [3.05, 3.63) is 45.7 Å². The SMILES string of the molecule is COc1ccc(-c2[nH]c(=O)c(C#N)cc2C)c(OC)c1. The Morgan fingerprint density at radius 1 is 1.20 bits per heavy atom. The van der Waals surface area contributed by atoms with E-state index in [-0.39, 0.29) is 5.56 Å². The second-order valence-electron chi connectivity index (χ2n) is 4.25. The van der Waals surface area contributed by atoms with Crippen LogP contribution in [-0.4, -0.2) is 19.2 Å². The monoisotopic (exact) mass is 270 g/mol. The molecule has 1 heterocycles. The van der Waals surface area contributed by atoms with Gasteiger partial charge in [-0.15, -0.1) is 0 Å². The van der Waals surface area contributed by atoms with Crippen LogP contribution in [0.3, 0.4) is 0 Å². The highest BCUT2D eigenvalue weighted by Gasteiger charge is 2.12. The summed E-state index contributed by atoms with van der Waals surface area (Å²) in [5.74, 6) is 1.26. The quantitative estimate of drug-likeness (QED) is 0.928. The average Bonchev–Trinajstić information content (AvgIpc) is 2.48. The Balaban J connectivity index is 2.66. The van der Waals surface area contributed by atoms with Crippen LogP contribution in [0.4, 0.5) is 0 Å². The number of nitrogens with zero attached hydrogens (tertiary/aromatic N) is 1. The van der Waals surface area contributed by atoms with Crippen LogP contribution in [-0.2, 0) is 0 Å². The first-order valence-corrected chi connectivity index (χ1v) is 5.97. The highest BCUT2D eigenvalue weighted by atomic mass is 16.5. The molecule has 0 bridgehead atoms. The minimum atomic E-state index is -0.411. The fourth-order valence-corrected chi connectivity index (χ4v) is 2.00. The van der Waals surface area contributed by atoms with E-state index in [4.69, 9.17) is 14.7 Å². The topological polar surface area (TPSA) is 75.1 Å². The number of nitriles is 1. The Kier molecular flexibility index (Phi) is 3.76. The number of hydrogen-bond donors (Lipinski definition) is 1. The summed E-state index contributed by atoms with van der Waals surface area (Å²) in [7, 11) is 3.12. The predicted molar refractivity (Wildman–Crippen MR) is 75.1 cm³/mol. The van der Waals surface area contributed by atoms with Gasteiger partial charge in [-0.1, -0.05) is 0 Å². The van der Waals surface area contributed by atoms with E-state index in [1.807, 2.05) is 19.1 Å². The van der Waals surface area contributed by atoms with Crippen LogP contribution in [0, 0.1) is 18.3 Å². The molecule has 20 heavy (non-hydrogen) atoms. The predicted octanol–water partition coefficient (Wildman–Crippen LogP) is 2.24. The Morgan fingerprint density at radius 2 is 1.95 bits per heavy atom. The normalized spacial score (nSPS) is 9.90. The lowest BCUT2D eigenvalue weighted by molar-refractivity contribution is 0.395. The van der Waals surface area contributed by atoms with E-state index in [0.29, 0.717) is 17.2 Å². The fraction of sp³-hybridized carbons (Fsp3) is 0.200. The van der Waals surface area contributed by atoms with Crippen LogP contribution in [0.1, 0.15) is 11.1 Å². The highest BCUT2D eigenvalue weighted by molar-refractivity contribution is 5.71. The van der Waals surface area contributed by atoms with Gasteiger partial charge in [0.25, 0.3) is 5.56 Å². The van der Waals surface area contributed by atoms with Crippen molar-refractivity contribution in [1.82, 2.24) is 4.98 Å². The Labute approximate surface area is 116 Å². The van der Waals surface area contributed by atoms with Crippen LogP contribution >= 0.6 is 0 Å². The summed E-state index contributed by atoms with van der Waals surface area (Å²) in [4.78, 5) is 14.5. The second-order valence-corrected chi connectivity index (χ2v) is 4.25. The number of rotatable bonds is 3. The number of hydrogen-bond acceptors (Lipinski definition) is 4. The van der Waals surface area contributed by atoms with Gasteiger partial charge in [0, 0.05) is 11.6 Å². The van der Waals surface area contributed by atoms with E-state index in [2.05, 4.69) is 4.98 Å². The largest absolute Gasteiger partial charge is 0.497 e. The standard InChI is InChI=1S/C15H14N2O3/c1-9-6-10(8-16)15(18)17-14(9)12-5-4-11(19-2)7-13(12)20-3/h4-7H,1-3H3,(H,17,18). The highest BCUT2D eigenvalue weighted by Crippen LogP contribution is 2.33. The van der Waals surface area contributed by atoms with Crippen molar-refractivity contribution in [1.29, 1.82) is 5.26 Å². The molecule has 0 atom stereocenters. The van der Waals surface area contributed by atoms with Gasteiger partial charge in [-0.3, -0.25) is 4.79 Å². The third-order valence-electron chi connectivity index (χ3n) is 3.04. The molecule has 1 aromatic heterocycles. The molecule has 0 radical (unpaired) electrons. The molecule has 1 aromatic carbocycles. The molecule has 0 spiro atoms. The lowest BCUT2D eigenvalue weighted by atomic mass is 10.0. The number of aromatic amines is 1. The number of methoxy groups -OCH3 is 2. The first kappa shape index (κ1) is 13.7. The van der Waals surface area contributed by atoms with Gasteiger partial charge in [0.05, 0.1) is 19.9 Å². The van der Waals surface area contributed by atoms with Gasteiger partial charge in [0.2, 0.25) is 0 Å². The van der Waals surface area contributed by atoms with E-state index < -0.39 is 5.56 Å².